The van der Waals surface area contributed by atoms with Gasteiger partial charge in [0.1, 0.15) is 17.3 Å². The molecule has 1 aromatic heterocycles. The maximum atomic E-state index is 13.3. The second kappa shape index (κ2) is 10.7. The minimum Gasteiger partial charge on any atom is -0.497 e. The van der Waals surface area contributed by atoms with E-state index in [2.05, 4.69) is 0 Å². The van der Waals surface area contributed by atoms with Crippen LogP contribution in [0.4, 0.5) is 0 Å². The van der Waals surface area contributed by atoms with E-state index in [1.54, 1.807) is 11.7 Å². The summed E-state index contributed by atoms with van der Waals surface area (Å²) in [5.74, 6) is 2.35. The van der Waals surface area contributed by atoms with Gasteiger partial charge in [-0.2, -0.15) is 0 Å². The molecule has 0 bridgehead atoms. The molecule has 0 unspecified atom stereocenters. The quantitative estimate of drug-likeness (QED) is 0.256. The van der Waals surface area contributed by atoms with E-state index in [4.69, 9.17) is 26.1 Å². The van der Waals surface area contributed by atoms with E-state index < -0.39 is 0 Å². The highest BCUT2D eigenvalue weighted by Crippen LogP contribution is 2.27. The third-order valence-electron chi connectivity index (χ3n) is 5.91. The van der Waals surface area contributed by atoms with Crippen molar-refractivity contribution in [3.63, 3.8) is 0 Å². The highest BCUT2D eigenvalue weighted by molar-refractivity contribution is 6.30. The van der Waals surface area contributed by atoms with Gasteiger partial charge < -0.3 is 9.47 Å². The molecule has 0 aliphatic heterocycles. The average Bonchev–Trinajstić information content (AvgIpc) is 2.83. The van der Waals surface area contributed by atoms with E-state index in [0.717, 1.165) is 52.5 Å². The molecule has 4 aromatic rings. The molecule has 0 aliphatic rings. The zero-order valence-corrected chi connectivity index (χ0v) is 20.6. The molecule has 176 valence electrons. The number of unbranched alkanes of at least 4 members (excludes halogenated alkanes) is 2. The summed E-state index contributed by atoms with van der Waals surface area (Å²) in [5, 5.41) is 1.36. The van der Waals surface area contributed by atoms with Crippen molar-refractivity contribution in [2.24, 2.45) is 0 Å². The Balaban J connectivity index is 1.47. The largest absolute Gasteiger partial charge is 0.497 e. The molecule has 1 heterocycles. The highest BCUT2D eigenvalue weighted by Gasteiger charge is 2.13. The number of halogens is 1. The average molecular weight is 477 g/mol. The Kier molecular flexibility index (Phi) is 7.53. The van der Waals surface area contributed by atoms with Gasteiger partial charge in [-0.3, -0.25) is 9.36 Å². The topological polar surface area (TPSA) is 53.3 Å². The van der Waals surface area contributed by atoms with Crippen LogP contribution in [0.1, 0.15) is 30.4 Å². The number of para-hydroxylation sites is 1. The Bertz CT molecular complexity index is 1320. The van der Waals surface area contributed by atoms with E-state index in [-0.39, 0.29) is 5.56 Å². The number of aryl methyl sites for hydroxylation is 2. The van der Waals surface area contributed by atoms with E-state index in [1.807, 2.05) is 74.5 Å². The Labute approximate surface area is 204 Å². The lowest BCUT2D eigenvalue weighted by molar-refractivity contribution is 0.300. The molecule has 0 radical (unpaired) electrons. The summed E-state index contributed by atoms with van der Waals surface area (Å²) in [6, 6.07) is 19.0. The Hall–Kier alpha value is -3.31. The predicted molar refractivity (Wildman–Crippen MR) is 138 cm³/mol. The first kappa shape index (κ1) is 23.8. The van der Waals surface area contributed by atoms with Crippen molar-refractivity contribution in [1.29, 1.82) is 0 Å². The molecule has 3 aromatic carbocycles. The number of hydrogen-bond acceptors (Lipinski definition) is 4. The third kappa shape index (κ3) is 5.26. The Morgan fingerprint density at radius 2 is 1.65 bits per heavy atom. The van der Waals surface area contributed by atoms with Gasteiger partial charge in [0.05, 0.1) is 24.6 Å². The Morgan fingerprint density at radius 1 is 0.941 bits per heavy atom. The molecule has 4 rings (SSSR count). The van der Waals surface area contributed by atoms with Crippen molar-refractivity contribution >= 4 is 22.5 Å². The van der Waals surface area contributed by atoms with Gasteiger partial charge in [-0.05, 0) is 92.8 Å². The van der Waals surface area contributed by atoms with Crippen LogP contribution in [0.5, 0.6) is 11.5 Å². The number of benzene rings is 3. The van der Waals surface area contributed by atoms with Gasteiger partial charge >= 0.3 is 0 Å². The van der Waals surface area contributed by atoms with Crippen molar-refractivity contribution in [3.05, 3.63) is 87.2 Å². The van der Waals surface area contributed by atoms with E-state index in [9.17, 15) is 4.79 Å². The standard InChI is InChI=1S/C28H29ClN2O3/c1-19-17-22(29)18-20(2)26(19)34-16-8-4-7-15-31-27(21-11-13-23(33-3)14-12-21)30-25-10-6-5-9-24(25)28(31)32/h5-6,9-14,17-18H,4,7-8,15-16H2,1-3H3. The molecular weight excluding hydrogens is 448 g/mol. The van der Waals surface area contributed by atoms with Crippen LogP contribution >= 0.6 is 11.6 Å². The fraction of sp³-hybridized carbons (Fsp3) is 0.286. The van der Waals surface area contributed by atoms with Crippen LogP contribution in [-0.2, 0) is 6.54 Å². The predicted octanol–water partition coefficient (Wildman–Crippen LogP) is 6.59. The smallest absolute Gasteiger partial charge is 0.261 e. The summed E-state index contributed by atoms with van der Waals surface area (Å²) in [5.41, 5.74) is 3.67. The normalized spacial score (nSPS) is 11.1. The van der Waals surface area contributed by atoms with Gasteiger partial charge in [0.15, 0.2) is 0 Å². The summed E-state index contributed by atoms with van der Waals surface area (Å²) in [6.07, 6.45) is 2.69. The number of rotatable bonds is 9. The molecule has 0 fully saturated rings. The van der Waals surface area contributed by atoms with E-state index in [1.165, 1.54) is 0 Å². The molecule has 6 heteroatoms. The van der Waals surface area contributed by atoms with Crippen molar-refractivity contribution < 1.29 is 9.47 Å². The number of fused-ring (bicyclic) bond motifs is 1. The monoisotopic (exact) mass is 476 g/mol. The molecule has 0 atom stereocenters. The van der Waals surface area contributed by atoms with Gasteiger partial charge in [0.25, 0.3) is 5.56 Å². The molecule has 5 nitrogen and oxygen atoms in total. The number of hydrogen-bond donors (Lipinski definition) is 0. The molecular formula is C28H29ClN2O3. The van der Waals surface area contributed by atoms with Gasteiger partial charge in [-0.1, -0.05) is 23.7 Å². The fourth-order valence-electron chi connectivity index (χ4n) is 4.18. The first-order valence-corrected chi connectivity index (χ1v) is 11.9. The second-order valence-electron chi connectivity index (χ2n) is 8.42. The molecule has 0 aliphatic carbocycles. The summed E-state index contributed by atoms with van der Waals surface area (Å²) in [4.78, 5) is 18.1. The van der Waals surface area contributed by atoms with Crippen molar-refractivity contribution in [2.75, 3.05) is 13.7 Å². The van der Waals surface area contributed by atoms with Crippen LogP contribution in [0.15, 0.2) is 65.5 Å². The maximum Gasteiger partial charge on any atom is 0.261 e. The molecule has 34 heavy (non-hydrogen) atoms. The van der Waals surface area contributed by atoms with Crippen molar-refractivity contribution in [1.82, 2.24) is 9.55 Å². The van der Waals surface area contributed by atoms with Crippen LogP contribution < -0.4 is 15.0 Å². The van der Waals surface area contributed by atoms with Crippen LogP contribution in [0.25, 0.3) is 22.3 Å². The van der Waals surface area contributed by atoms with Gasteiger partial charge in [0, 0.05) is 17.1 Å². The molecule has 0 saturated carbocycles. The lowest BCUT2D eigenvalue weighted by Gasteiger charge is -2.15. The first-order chi connectivity index (χ1) is 16.5. The zero-order valence-electron chi connectivity index (χ0n) is 19.8. The van der Waals surface area contributed by atoms with Crippen molar-refractivity contribution in [2.45, 2.75) is 39.7 Å². The summed E-state index contributed by atoms with van der Waals surface area (Å²) < 4.78 is 13.1. The van der Waals surface area contributed by atoms with Gasteiger partial charge in [-0.25, -0.2) is 4.98 Å². The number of ether oxygens (including phenoxy) is 2. The first-order valence-electron chi connectivity index (χ1n) is 11.5. The van der Waals surface area contributed by atoms with Gasteiger partial charge in [-0.15, -0.1) is 0 Å². The molecule has 0 N–H and O–H groups in total. The Morgan fingerprint density at radius 3 is 2.35 bits per heavy atom. The summed E-state index contributed by atoms with van der Waals surface area (Å²) in [6.45, 7) is 5.23. The zero-order chi connectivity index (χ0) is 24.1. The van der Waals surface area contributed by atoms with Gasteiger partial charge in [0.2, 0.25) is 0 Å². The van der Waals surface area contributed by atoms with Crippen molar-refractivity contribution in [3.8, 4) is 22.9 Å². The summed E-state index contributed by atoms with van der Waals surface area (Å²) in [7, 11) is 1.64. The number of methoxy groups -OCH3 is 1. The minimum absolute atomic E-state index is 0.0138. The minimum atomic E-state index is -0.0138. The lowest BCUT2D eigenvalue weighted by Crippen LogP contribution is -2.23. The SMILES string of the molecule is COc1ccc(-c2nc3ccccc3c(=O)n2CCCCCOc2c(C)cc(Cl)cc2C)cc1. The maximum absolute atomic E-state index is 13.3. The van der Waals surface area contributed by atoms with Crippen LogP contribution in [0.3, 0.4) is 0 Å². The van der Waals surface area contributed by atoms with Crippen LogP contribution in [-0.4, -0.2) is 23.3 Å². The molecule has 0 spiro atoms. The lowest BCUT2D eigenvalue weighted by atomic mass is 10.1. The second-order valence-corrected chi connectivity index (χ2v) is 8.85. The molecule has 0 saturated heterocycles. The van der Waals surface area contributed by atoms with Crippen LogP contribution in [0, 0.1) is 13.8 Å². The fourth-order valence-corrected chi connectivity index (χ4v) is 4.51. The number of nitrogens with zero attached hydrogens (tertiary/aromatic N) is 2. The number of aromatic nitrogens is 2. The third-order valence-corrected chi connectivity index (χ3v) is 6.13. The van der Waals surface area contributed by atoms with Crippen LogP contribution in [0.2, 0.25) is 5.02 Å². The van der Waals surface area contributed by atoms with E-state index in [0.29, 0.717) is 29.9 Å². The van der Waals surface area contributed by atoms with E-state index >= 15 is 0 Å². The summed E-state index contributed by atoms with van der Waals surface area (Å²) >= 11 is 6.11. The highest BCUT2D eigenvalue weighted by atomic mass is 35.5. The molecule has 0 amide bonds.